The van der Waals surface area contributed by atoms with E-state index in [1.807, 2.05) is 0 Å². The van der Waals surface area contributed by atoms with Gasteiger partial charge in [-0.2, -0.15) is 0 Å². The van der Waals surface area contributed by atoms with Crippen molar-refractivity contribution in [2.75, 3.05) is 59.2 Å². The molecule has 2 fully saturated rings. The van der Waals surface area contributed by atoms with Crippen molar-refractivity contribution in [2.45, 2.75) is 25.0 Å². The zero-order valence-electron chi connectivity index (χ0n) is 11.6. The van der Waals surface area contributed by atoms with Gasteiger partial charge in [0.05, 0.1) is 39.2 Å². The first-order chi connectivity index (χ1) is 9.40. The van der Waals surface area contributed by atoms with Gasteiger partial charge in [-0.1, -0.05) is 0 Å². The largest absolute Gasteiger partial charge is 0.395 e. The lowest BCUT2D eigenvalue weighted by atomic mass is 10.1. The van der Waals surface area contributed by atoms with Crippen LogP contribution in [0.4, 0.5) is 0 Å². The molecule has 0 spiro atoms. The van der Waals surface area contributed by atoms with Crippen LogP contribution in [0.2, 0.25) is 0 Å². The van der Waals surface area contributed by atoms with Crippen LogP contribution < -0.4 is 10.6 Å². The van der Waals surface area contributed by atoms with Gasteiger partial charge in [0.1, 0.15) is 0 Å². The number of morpholine rings is 2. The lowest BCUT2D eigenvalue weighted by molar-refractivity contribution is -0.0171. The molecule has 2 saturated heterocycles. The summed E-state index contributed by atoms with van der Waals surface area (Å²) in [5.41, 5.74) is 0. The predicted octanol–water partition coefficient (Wildman–Crippen LogP) is -1.00. The molecule has 0 radical (unpaired) electrons. The van der Waals surface area contributed by atoms with Crippen LogP contribution in [-0.2, 0) is 9.47 Å². The molecule has 2 heterocycles. The van der Waals surface area contributed by atoms with Gasteiger partial charge in [-0.25, -0.2) is 0 Å². The second-order valence-electron chi connectivity index (χ2n) is 5.17. The Labute approximate surface area is 115 Å². The predicted molar refractivity (Wildman–Crippen MR) is 73.1 cm³/mol. The molecular weight excluding hydrogens is 246 g/mol. The third-order valence-electron chi connectivity index (χ3n) is 3.76. The minimum absolute atomic E-state index is 0.234. The molecule has 19 heavy (non-hydrogen) atoms. The van der Waals surface area contributed by atoms with E-state index in [9.17, 15) is 0 Å². The minimum Gasteiger partial charge on any atom is -0.395 e. The van der Waals surface area contributed by atoms with Crippen LogP contribution in [0.5, 0.6) is 0 Å². The van der Waals surface area contributed by atoms with E-state index in [4.69, 9.17) is 14.6 Å². The summed E-state index contributed by atoms with van der Waals surface area (Å²) in [5.74, 6) is 0. The Balaban J connectivity index is 1.58. The lowest BCUT2D eigenvalue weighted by Crippen LogP contribution is -2.51. The molecule has 3 N–H and O–H groups in total. The fourth-order valence-electron chi connectivity index (χ4n) is 2.69. The smallest absolute Gasteiger partial charge is 0.0814 e. The van der Waals surface area contributed by atoms with Crippen LogP contribution in [0.1, 0.15) is 12.8 Å². The number of nitrogens with one attached hydrogen (secondary N) is 2. The third kappa shape index (κ3) is 5.33. The summed E-state index contributed by atoms with van der Waals surface area (Å²) in [6, 6.07) is 0.457. The zero-order chi connectivity index (χ0) is 13.3. The summed E-state index contributed by atoms with van der Waals surface area (Å²) in [7, 11) is 0. The van der Waals surface area contributed by atoms with Crippen molar-refractivity contribution in [1.82, 2.24) is 15.5 Å². The Morgan fingerprint density at radius 3 is 2.95 bits per heavy atom. The van der Waals surface area contributed by atoms with Crippen LogP contribution in [0, 0.1) is 0 Å². The maximum absolute atomic E-state index is 9.06. The number of aliphatic hydroxyl groups excluding tert-OH is 1. The van der Waals surface area contributed by atoms with E-state index in [1.165, 1.54) is 0 Å². The molecule has 2 aliphatic rings. The van der Waals surface area contributed by atoms with Crippen LogP contribution in [0.15, 0.2) is 0 Å². The maximum atomic E-state index is 9.06. The van der Waals surface area contributed by atoms with Gasteiger partial charge in [0.25, 0.3) is 0 Å². The monoisotopic (exact) mass is 273 g/mol. The van der Waals surface area contributed by atoms with Crippen molar-refractivity contribution < 1.29 is 14.6 Å². The van der Waals surface area contributed by atoms with Crippen molar-refractivity contribution in [1.29, 1.82) is 0 Å². The van der Waals surface area contributed by atoms with Crippen molar-refractivity contribution in [3.8, 4) is 0 Å². The van der Waals surface area contributed by atoms with Gasteiger partial charge < -0.3 is 14.6 Å². The highest BCUT2D eigenvalue weighted by Crippen LogP contribution is 2.11. The van der Waals surface area contributed by atoms with Crippen molar-refractivity contribution in [3.63, 3.8) is 0 Å². The fourth-order valence-corrected chi connectivity index (χ4v) is 2.69. The summed E-state index contributed by atoms with van der Waals surface area (Å²) in [6.45, 7) is 7.01. The second kappa shape index (κ2) is 8.84. The molecule has 0 aromatic rings. The Morgan fingerprint density at radius 2 is 2.16 bits per heavy atom. The molecule has 2 unspecified atom stereocenters. The van der Waals surface area contributed by atoms with Gasteiger partial charge in [-0.3, -0.25) is 15.5 Å². The van der Waals surface area contributed by atoms with Crippen LogP contribution in [0.3, 0.4) is 0 Å². The van der Waals surface area contributed by atoms with Gasteiger partial charge in [-0.05, 0) is 19.4 Å². The van der Waals surface area contributed by atoms with E-state index in [1.54, 1.807) is 0 Å². The maximum Gasteiger partial charge on any atom is 0.0814 e. The molecule has 0 bridgehead atoms. The lowest BCUT2D eigenvalue weighted by Gasteiger charge is -2.35. The number of hydrogen-bond acceptors (Lipinski definition) is 6. The summed E-state index contributed by atoms with van der Waals surface area (Å²) in [4.78, 5) is 2.34. The quantitative estimate of drug-likeness (QED) is 0.517. The first-order valence-corrected chi connectivity index (χ1v) is 7.37. The van der Waals surface area contributed by atoms with Gasteiger partial charge in [0, 0.05) is 25.7 Å². The molecule has 2 rings (SSSR count). The molecule has 6 heteroatoms. The molecule has 0 aromatic heterocycles. The summed E-state index contributed by atoms with van der Waals surface area (Å²) in [6.07, 6.45) is 2.53. The van der Waals surface area contributed by atoms with E-state index in [2.05, 4.69) is 15.5 Å². The number of aliphatic hydroxyl groups is 1. The molecule has 0 saturated carbocycles. The topological polar surface area (TPSA) is 66.0 Å². The molecule has 112 valence electrons. The first-order valence-electron chi connectivity index (χ1n) is 7.37. The highest BCUT2D eigenvalue weighted by atomic mass is 16.5. The van der Waals surface area contributed by atoms with E-state index in [-0.39, 0.29) is 6.61 Å². The Bertz CT molecular complexity index is 235. The molecule has 6 nitrogen and oxygen atoms in total. The Morgan fingerprint density at radius 1 is 1.26 bits per heavy atom. The van der Waals surface area contributed by atoms with Gasteiger partial charge in [0.2, 0.25) is 0 Å². The molecule has 2 atom stereocenters. The molecule has 0 aromatic carbocycles. The van der Waals surface area contributed by atoms with E-state index in [0.717, 1.165) is 65.4 Å². The highest BCUT2D eigenvalue weighted by molar-refractivity contribution is 4.76. The normalized spacial score (nSPS) is 29.5. The van der Waals surface area contributed by atoms with Crippen molar-refractivity contribution >= 4 is 0 Å². The summed E-state index contributed by atoms with van der Waals surface area (Å²) < 4.78 is 10.9. The molecule has 2 aliphatic heterocycles. The number of rotatable bonds is 7. The number of hydrogen-bond donors (Lipinski definition) is 3. The van der Waals surface area contributed by atoms with E-state index < -0.39 is 0 Å². The molecule has 0 aliphatic carbocycles. The molecular formula is C13H27N3O3. The standard InChI is InChI=1S/C13H27N3O3/c17-7-5-16-6-9-19-10-12(16)2-1-3-14-13-11-18-8-4-15-13/h12-15,17H,1-11H2. The summed E-state index contributed by atoms with van der Waals surface area (Å²) in [5, 5.41) is 15.9. The van der Waals surface area contributed by atoms with Crippen molar-refractivity contribution in [3.05, 3.63) is 0 Å². The van der Waals surface area contributed by atoms with Crippen LogP contribution in [-0.4, -0.2) is 81.4 Å². The average molecular weight is 273 g/mol. The second-order valence-corrected chi connectivity index (χ2v) is 5.17. The highest BCUT2D eigenvalue weighted by Gasteiger charge is 2.22. The average Bonchev–Trinajstić information content (AvgIpc) is 2.47. The van der Waals surface area contributed by atoms with Gasteiger partial charge >= 0.3 is 0 Å². The number of nitrogens with zero attached hydrogens (tertiary/aromatic N) is 1. The Hall–Kier alpha value is -0.240. The Kier molecular flexibility index (Phi) is 7.05. The van der Waals surface area contributed by atoms with Gasteiger partial charge in [0.15, 0.2) is 0 Å². The van der Waals surface area contributed by atoms with E-state index in [0.29, 0.717) is 12.2 Å². The summed E-state index contributed by atoms with van der Waals surface area (Å²) >= 11 is 0. The van der Waals surface area contributed by atoms with Crippen LogP contribution >= 0.6 is 0 Å². The van der Waals surface area contributed by atoms with Gasteiger partial charge in [-0.15, -0.1) is 0 Å². The fraction of sp³-hybridized carbons (Fsp3) is 1.00. The molecule has 0 amide bonds. The third-order valence-corrected chi connectivity index (χ3v) is 3.76. The zero-order valence-corrected chi connectivity index (χ0v) is 11.6. The van der Waals surface area contributed by atoms with Crippen LogP contribution in [0.25, 0.3) is 0 Å². The SMILES string of the molecule is OCCN1CCOCC1CCCNC1COCCN1. The minimum atomic E-state index is 0.234. The van der Waals surface area contributed by atoms with E-state index >= 15 is 0 Å². The number of β-amino-alcohol motifs (C(OH)–C–C–N with tert-alkyl or cyclic N) is 1. The first kappa shape index (κ1) is 15.2. The van der Waals surface area contributed by atoms with Crippen molar-refractivity contribution in [2.24, 2.45) is 0 Å². The number of ether oxygens (including phenoxy) is 2.